The van der Waals surface area contributed by atoms with Crippen molar-refractivity contribution in [2.75, 3.05) is 7.11 Å². The first-order chi connectivity index (χ1) is 6.24. The van der Waals surface area contributed by atoms with Crippen LogP contribution in [0.15, 0.2) is 17.5 Å². The van der Waals surface area contributed by atoms with Crippen molar-refractivity contribution in [3.05, 3.63) is 29.1 Å². The molecule has 2 rings (SSSR count). The lowest BCUT2D eigenvalue weighted by atomic mass is 10.2. The van der Waals surface area contributed by atoms with E-state index in [0.717, 1.165) is 0 Å². The van der Waals surface area contributed by atoms with Gasteiger partial charge >= 0.3 is 0 Å². The van der Waals surface area contributed by atoms with Gasteiger partial charge in [0.1, 0.15) is 0 Å². The fourth-order valence-corrected chi connectivity index (χ4v) is 1.98. The van der Waals surface area contributed by atoms with Crippen molar-refractivity contribution in [2.45, 2.75) is 0 Å². The largest absolute Gasteiger partial charge is 0.494 e. The van der Waals surface area contributed by atoms with Crippen LogP contribution in [0.5, 0.6) is 5.75 Å². The number of hydrogen-bond donors (Lipinski definition) is 0. The van der Waals surface area contributed by atoms with E-state index >= 15 is 0 Å². The molecule has 4 heteroatoms. The number of thiophene rings is 1. The van der Waals surface area contributed by atoms with E-state index in [1.165, 1.54) is 24.5 Å². The summed E-state index contributed by atoms with van der Waals surface area (Å²) in [5.41, 5.74) is 0. The van der Waals surface area contributed by atoms with Gasteiger partial charge in [-0.25, -0.2) is 4.39 Å². The van der Waals surface area contributed by atoms with Gasteiger partial charge in [-0.2, -0.15) is 4.39 Å². The fourth-order valence-electron chi connectivity index (χ4n) is 1.17. The van der Waals surface area contributed by atoms with Gasteiger partial charge in [-0.05, 0) is 22.9 Å². The van der Waals surface area contributed by atoms with Crippen LogP contribution >= 0.6 is 11.3 Å². The predicted octanol–water partition coefficient (Wildman–Crippen LogP) is 3.19. The van der Waals surface area contributed by atoms with E-state index in [1.54, 1.807) is 11.4 Å². The Kier molecular flexibility index (Phi) is 1.92. The Morgan fingerprint density at radius 2 is 2.08 bits per heavy atom. The zero-order valence-electron chi connectivity index (χ0n) is 6.80. The monoisotopic (exact) mass is 200 g/mol. The second kappa shape index (κ2) is 2.96. The molecule has 0 aliphatic rings. The lowest BCUT2D eigenvalue weighted by Gasteiger charge is -2.02. The average molecular weight is 200 g/mol. The maximum absolute atomic E-state index is 13.2. The van der Waals surface area contributed by atoms with Crippen LogP contribution in [0.4, 0.5) is 8.78 Å². The lowest BCUT2D eigenvalue weighted by Crippen LogP contribution is -1.91. The van der Waals surface area contributed by atoms with Gasteiger partial charge in [-0.3, -0.25) is 0 Å². The number of fused-ring (bicyclic) bond motifs is 1. The van der Waals surface area contributed by atoms with Gasteiger partial charge in [-0.15, -0.1) is 11.3 Å². The van der Waals surface area contributed by atoms with E-state index in [4.69, 9.17) is 4.74 Å². The highest BCUT2D eigenvalue weighted by Crippen LogP contribution is 2.31. The molecular formula is C9H6F2OS. The maximum atomic E-state index is 13.2. The molecule has 0 atom stereocenters. The minimum Gasteiger partial charge on any atom is -0.494 e. The van der Waals surface area contributed by atoms with Gasteiger partial charge < -0.3 is 4.74 Å². The average Bonchev–Trinajstić information content (AvgIpc) is 2.59. The maximum Gasteiger partial charge on any atom is 0.202 e. The summed E-state index contributed by atoms with van der Waals surface area (Å²) < 4.78 is 31.4. The molecule has 0 saturated heterocycles. The van der Waals surface area contributed by atoms with Gasteiger partial charge in [0.25, 0.3) is 0 Å². The first-order valence-electron chi connectivity index (χ1n) is 3.63. The first-order valence-corrected chi connectivity index (χ1v) is 4.51. The van der Waals surface area contributed by atoms with E-state index < -0.39 is 11.6 Å². The van der Waals surface area contributed by atoms with Crippen molar-refractivity contribution in [2.24, 2.45) is 0 Å². The van der Waals surface area contributed by atoms with Crippen molar-refractivity contribution in [3.63, 3.8) is 0 Å². The molecule has 0 N–H and O–H groups in total. The highest BCUT2D eigenvalue weighted by atomic mass is 32.1. The summed E-state index contributed by atoms with van der Waals surface area (Å²) in [4.78, 5) is 0. The number of halogens is 2. The molecule has 1 heterocycles. The molecule has 0 bridgehead atoms. The Hall–Kier alpha value is -1.16. The minimum atomic E-state index is -0.919. The highest BCUT2D eigenvalue weighted by molar-refractivity contribution is 7.17. The Morgan fingerprint density at radius 3 is 2.77 bits per heavy atom. The van der Waals surface area contributed by atoms with Gasteiger partial charge in [0.05, 0.1) is 11.8 Å². The molecule has 13 heavy (non-hydrogen) atoms. The zero-order valence-corrected chi connectivity index (χ0v) is 7.62. The smallest absolute Gasteiger partial charge is 0.202 e. The molecule has 2 aromatic rings. The summed E-state index contributed by atoms with van der Waals surface area (Å²) >= 11 is 1.18. The fraction of sp³-hybridized carbons (Fsp3) is 0.111. The Bertz CT molecular complexity index is 450. The lowest BCUT2D eigenvalue weighted by molar-refractivity contribution is 0.374. The quantitative estimate of drug-likeness (QED) is 0.687. The SMILES string of the molecule is COc1cc2ccsc2c(F)c1F. The summed E-state index contributed by atoms with van der Waals surface area (Å²) in [6.45, 7) is 0. The molecule has 0 radical (unpaired) electrons. The van der Waals surface area contributed by atoms with Crippen LogP contribution in [0.1, 0.15) is 0 Å². The van der Waals surface area contributed by atoms with E-state index in [-0.39, 0.29) is 5.75 Å². The van der Waals surface area contributed by atoms with Gasteiger partial charge in [0.2, 0.25) is 5.82 Å². The Balaban J connectivity index is 2.83. The number of benzene rings is 1. The van der Waals surface area contributed by atoms with Crippen molar-refractivity contribution in [1.29, 1.82) is 0 Å². The summed E-state index contributed by atoms with van der Waals surface area (Å²) in [6, 6.07) is 3.22. The third kappa shape index (κ3) is 1.18. The second-order valence-corrected chi connectivity index (χ2v) is 3.46. The van der Waals surface area contributed by atoms with Crippen molar-refractivity contribution in [3.8, 4) is 5.75 Å². The predicted molar refractivity (Wildman–Crippen MR) is 48.3 cm³/mol. The van der Waals surface area contributed by atoms with Gasteiger partial charge in [0, 0.05) is 0 Å². The van der Waals surface area contributed by atoms with Crippen LogP contribution in [0.2, 0.25) is 0 Å². The Morgan fingerprint density at radius 1 is 1.31 bits per heavy atom. The third-order valence-corrected chi connectivity index (χ3v) is 2.73. The van der Waals surface area contributed by atoms with Gasteiger partial charge in [-0.1, -0.05) is 0 Å². The number of ether oxygens (including phenoxy) is 1. The summed E-state index contributed by atoms with van der Waals surface area (Å²) in [5.74, 6) is -1.80. The highest BCUT2D eigenvalue weighted by Gasteiger charge is 2.14. The molecule has 0 fully saturated rings. The van der Waals surface area contributed by atoms with Crippen LogP contribution in [-0.2, 0) is 0 Å². The van der Waals surface area contributed by atoms with Crippen LogP contribution in [0, 0.1) is 11.6 Å². The van der Waals surface area contributed by atoms with Crippen molar-refractivity contribution < 1.29 is 13.5 Å². The van der Waals surface area contributed by atoms with Crippen LogP contribution < -0.4 is 4.74 Å². The first kappa shape index (κ1) is 8.44. The van der Waals surface area contributed by atoms with E-state index in [2.05, 4.69) is 0 Å². The number of rotatable bonds is 1. The molecule has 0 amide bonds. The van der Waals surface area contributed by atoms with E-state index in [1.807, 2.05) is 0 Å². The normalized spacial score (nSPS) is 10.7. The standard InChI is InChI=1S/C9H6F2OS/c1-12-6-4-5-2-3-13-9(5)8(11)7(6)10/h2-4H,1H3. The van der Waals surface area contributed by atoms with E-state index in [9.17, 15) is 8.78 Å². The zero-order chi connectivity index (χ0) is 9.42. The molecule has 1 nitrogen and oxygen atoms in total. The van der Waals surface area contributed by atoms with Gasteiger partial charge in [0.15, 0.2) is 11.6 Å². The molecule has 0 aliphatic carbocycles. The third-order valence-electron chi connectivity index (χ3n) is 1.81. The Labute approximate surface area is 77.6 Å². The number of hydrogen-bond acceptors (Lipinski definition) is 2. The number of methoxy groups -OCH3 is 1. The molecule has 1 aromatic heterocycles. The molecule has 1 aromatic carbocycles. The van der Waals surface area contributed by atoms with Crippen LogP contribution in [0.3, 0.4) is 0 Å². The molecule has 0 saturated carbocycles. The molecule has 0 aliphatic heterocycles. The summed E-state index contributed by atoms with van der Waals surface area (Å²) in [7, 11) is 1.32. The second-order valence-electron chi connectivity index (χ2n) is 2.55. The van der Waals surface area contributed by atoms with Crippen LogP contribution in [0.25, 0.3) is 10.1 Å². The van der Waals surface area contributed by atoms with E-state index in [0.29, 0.717) is 10.1 Å². The topological polar surface area (TPSA) is 9.23 Å². The van der Waals surface area contributed by atoms with Crippen molar-refractivity contribution in [1.82, 2.24) is 0 Å². The molecule has 68 valence electrons. The molecule has 0 spiro atoms. The molecule has 0 unspecified atom stereocenters. The summed E-state index contributed by atoms with van der Waals surface area (Å²) in [6.07, 6.45) is 0. The minimum absolute atomic E-state index is 0.0524. The van der Waals surface area contributed by atoms with Crippen molar-refractivity contribution >= 4 is 21.4 Å². The summed E-state index contributed by atoms with van der Waals surface area (Å²) in [5, 5.41) is 2.38. The molecular weight excluding hydrogens is 194 g/mol. The van der Waals surface area contributed by atoms with Crippen LogP contribution in [-0.4, -0.2) is 7.11 Å².